The number of ether oxygens (including phenoxy) is 1. The Balaban J connectivity index is 1.85. The first-order valence-electron chi connectivity index (χ1n) is 7.32. The molecule has 0 radical (unpaired) electrons. The van der Waals surface area contributed by atoms with Crippen molar-refractivity contribution in [3.05, 3.63) is 60.2 Å². The zero-order valence-corrected chi connectivity index (χ0v) is 13.7. The first-order chi connectivity index (χ1) is 10.6. The van der Waals surface area contributed by atoms with E-state index in [1.165, 1.54) is 0 Å². The smallest absolute Gasteiger partial charge is 0.230 e. The highest BCUT2D eigenvalue weighted by Crippen LogP contribution is 2.23. The van der Waals surface area contributed by atoms with Crippen LogP contribution in [0.4, 0.5) is 0 Å². The number of para-hydroxylation sites is 1. The van der Waals surface area contributed by atoms with Crippen LogP contribution in [-0.2, 0) is 10.5 Å². The first kappa shape index (κ1) is 16.4. The minimum atomic E-state index is 0.0803. The van der Waals surface area contributed by atoms with Crippen molar-refractivity contribution in [3.8, 4) is 11.5 Å². The number of rotatable bonds is 7. The van der Waals surface area contributed by atoms with Gasteiger partial charge in [-0.1, -0.05) is 30.3 Å². The molecule has 0 unspecified atom stereocenters. The Morgan fingerprint density at radius 1 is 1.09 bits per heavy atom. The number of carbonyl (C=O) groups excluding carboxylic acids is 1. The van der Waals surface area contributed by atoms with Gasteiger partial charge in [-0.25, -0.2) is 0 Å². The van der Waals surface area contributed by atoms with E-state index in [0.717, 1.165) is 22.8 Å². The van der Waals surface area contributed by atoms with Crippen molar-refractivity contribution in [2.75, 3.05) is 5.75 Å². The predicted molar refractivity (Wildman–Crippen MR) is 92.4 cm³/mol. The van der Waals surface area contributed by atoms with Crippen LogP contribution in [0.5, 0.6) is 11.5 Å². The van der Waals surface area contributed by atoms with Gasteiger partial charge in [-0.2, -0.15) is 0 Å². The van der Waals surface area contributed by atoms with E-state index in [0.29, 0.717) is 5.75 Å². The van der Waals surface area contributed by atoms with E-state index in [2.05, 4.69) is 5.32 Å². The third-order valence-electron chi connectivity index (χ3n) is 2.83. The van der Waals surface area contributed by atoms with Crippen molar-refractivity contribution < 1.29 is 9.53 Å². The summed E-state index contributed by atoms with van der Waals surface area (Å²) in [6, 6.07) is 17.9. The number of nitrogens with one attached hydrogen (secondary N) is 1. The van der Waals surface area contributed by atoms with Gasteiger partial charge in [0.1, 0.15) is 11.5 Å². The van der Waals surface area contributed by atoms with Crippen LogP contribution in [0.2, 0.25) is 0 Å². The molecule has 116 valence electrons. The molecule has 4 heteroatoms. The molecule has 2 aromatic rings. The van der Waals surface area contributed by atoms with E-state index in [1.807, 2.05) is 68.4 Å². The molecule has 1 amide bonds. The van der Waals surface area contributed by atoms with E-state index in [1.54, 1.807) is 11.8 Å². The van der Waals surface area contributed by atoms with Crippen molar-refractivity contribution >= 4 is 17.7 Å². The summed E-state index contributed by atoms with van der Waals surface area (Å²) in [5, 5.41) is 2.89. The average molecular weight is 315 g/mol. The van der Waals surface area contributed by atoms with Crippen molar-refractivity contribution in [1.29, 1.82) is 0 Å². The summed E-state index contributed by atoms with van der Waals surface area (Å²) < 4.78 is 5.81. The molecule has 0 spiro atoms. The van der Waals surface area contributed by atoms with E-state index < -0.39 is 0 Å². The summed E-state index contributed by atoms with van der Waals surface area (Å²) in [5.74, 6) is 2.98. The largest absolute Gasteiger partial charge is 0.457 e. The quantitative estimate of drug-likeness (QED) is 0.830. The van der Waals surface area contributed by atoms with Crippen molar-refractivity contribution in [2.45, 2.75) is 25.6 Å². The topological polar surface area (TPSA) is 38.3 Å². The lowest BCUT2D eigenvalue weighted by Gasteiger charge is -2.09. The lowest BCUT2D eigenvalue weighted by atomic mass is 10.2. The number of thioether (sulfide) groups is 1. The Bertz CT molecular complexity index is 599. The van der Waals surface area contributed by atoms with Gasteiger partial charge in [0, 0.05) is 11.8 Å². The monoisotopic (exact) mass is 315 g/mol. The maximum Gasteiger partial charge on any atom is 0.230 e. The molecule has 2 aromatic carbocycles. The molecule has 0 fully saturated rings. The molecule has 2 rings (SSSR count). The number of amides is 1. The highest BCUT2D eigenvalue weighted by molar-refractivity contribution is 7.99. The van der Waals surface area contributed by atoms with E-state index in [9.17, 15) is 4.79 Å². The third-order valence-corrected chi connectivity index (χ3v) is 3.83. The van der Waals surface area contributed by atoms with E-state index in [-0.39, 0.29) is 11.9 Å². The fourth-order valence-electron chi connectivity index (χ4n) is 1.95. The fraction of sp³-hybridized carbons (Fsp3) is 0.278. The summed E-state index contributed by atoms with van der Waals surface area (Å²) in [5.41, 5.74) is 1.15. The summed E-state index contributed by atoms with van der Waals surface area (Å²) >= 11 is 1.60. The lowest BCUT2D eigenvalue weighted by Crippen LogP contribution is -2.31. The number of hydrogen-bond donors (Lipinski definition) is 1. The zero-order chi connectivity index (χ0) is 15.8. The molecule has 0 saturated carbocycles. The Labute approximate surface area is 136 Å². The summed E-state index contributed by atoms with van der Waals surface area (Å²) in [7, 11) is 0. The summed E-state index contributed by atoms with van der Waals surface area (Å²) in [6.45, 7) is 3.93. The van der Waals surface area contributed by atoms with Crippen LogP contribution < -0.4 is 10.1 Å². The lowest BCUT2D eigenvalue weighted by molar-refractivity contribution is -0.119. The summed E-state index contributed by atoms with van der Waals surface area (Å²) in [4.78, 5) is 11.6. The SMILES string of the molecule is CC(C)NC(=O)CSCc1cccc(Oc2ccccc2)c1. The Kier molecular flexibility index (Phi) is 6.34. The fourth-order valence-corrected chi connectivity index (χ4v) is 2.73. The van der Waals surface area contributed by atoms with Gasteiger partial charge in [-0.05, 0) is 43.7 Å². The highest BCUT2D eigenvalue weighted by atomic mass is 32.2. The molecule has 0 bridgehead atoms. The van der Waals surface area contributed by atoms with Crippen molar-refractivity contribution in [2.24, 2.45) is 0 Å². The van der Waals surface area contributed by atoms with Gasteiger partial charge in [0.15, 0.2) is 0 Å². The minimum absolute atomic E-state index is 0.0803. The van der Waals surface area contributed by atoms with Gasteiger partial charge >= 0.3 is 0 Å². The van der Waals surface area contributed by atoms with Crippen LogP contribution >= 0.6 is 11.8 Å². The van der Waals surface area contributed by atoms with Crippen LogP contribution in [-0.4, -0.2) is 17.7 Å². The average Bonchev–Trinajstić information content (AvgIpc) is 2.48. The van der Waals surface area contributed by atoms with Gasteiger partial charge in [0.25, 0.3) is 0 Å². The zero-order valence-electron chi connectivity index (χ0n) is 12.9. The molecule has 0 aliphatic carbocycles. The van der Waals surface area contributed by atoms with Crippen molar-refractivity contribution in [1.82, 2.24) is 5.32 Å². The Hall–Kier alpha value is -1.94. The molecule has 1 N–H and O–H groups in total. The third kappa shape index (κ3) is 5.82. The van der Waals surface area contributed by atoms with Crippen LogP contribution in [0.15, 0.2) is 54.6 Å². The Morgan fingerprint density at radius 2 is 1.82 bits per heavy atom. The van der Waals surface area contributed by atoms with E-state index >= 15 is 0 Å². The molecule has 0 aliphatic heterocycles. The van der Waals surface area contributed by atoms with Gasteiger partial charge in [0.2, 0.25) is 5.91 Å². The van der Waals surface area contributed by atoms with Crippen LogP contribution in [0, 0.1) is 0 Å². The molecule has 0 aliphatic rings. The number of carbonyl (C=O) groups is 1. The molecular formula is C18H21NO2S. The predicted octanol–water partition coefficient (Wildman–Crippen LogP) is 4.24. The second kappa shape index (κ2) is 8.49. The second-order valence-corrected chi connectivity index (χ2v) is 6.26. The van der Waals surface area contributed by atoms with Crippen molar-refractivity contribution in [3.63, 3.8) is 0 Å². The number of hydrogen-bond acceptors (Lipinski definition) is 3. The van der Waals surface area contributed by atoms with Gasteiger partial charge in [0.05, 0.1) is 5.75 Å². The molecule has 0 saturated heterocycles. The van der Waals surface area contributed by atoms with E-state index in [4.69, 9.17) is 4.74 Å². The maximum absolute atomic E-state index is 11.6. The minimum Gasteiger partial charge on any atom is -0.457 e. The number of benzene rings is 2. The van der Waals surface area contributed by atoms with Gasteiger partial charge < -0.3 is 10.1 Å². The molecular weight excluding hydrogens is 294 g/mol. The van der Waals surface area contributed by atoms with Crippen LogP contribution in [0.25, 0.3) is 0 Å². The highest BCUT2D eigenvalue weighted by Gasteiger charge is 2.04. The summed E-state index contributed by atoms with van der Waals surface area (Å²) in [6.07, 6.45) is 0. The second-order valence-electron chi connectivity index (χ2n) is 5.28. The molecule has 0 aromatic heterocycles. The molecule has 3 nitrogen and oxygen atoms in total. The van der Waals surface area contributed by atoms with Gasteiger partial charge in [-0.3, -0.25) is 4.79 Å². The molecule has 22 heavy (non-hydrogen) atoms. The molecule has 0 heterocycles. The Morgan fingerprint density at radius 3 is 2.55 bits per heavy atom. The van der Waals surface area contributed by atoms with Crippen LogP contribution in [0.1, 0.15) is 19.4 Å². The normalized spacial score (nSPS) is 10.5. The first-order valence-corrected chi connectivity index (χ1v) is 8.48. The van der Waals surface area contributed by atoms with Crippen LogP contribution in [0.3, 0.4) is 0 Å². The maximum atomic E-state index is 11.6. The molecule has 0 atom stereocenters. The standard InChI is InChI=1S/C18H21NO2S/c1-14(2)19-18(20)13-22-12-15-7-6-10-17(11-15)21-16-8-4-3-5-9-16/h3-11,14H,12-13H2,1-2H3,(H,19,20). The van der Waals surface area contributed by atoms with Gasteiger partial charge in [-0.15, -0.1) is 11.8 Å².